The van der Waals surface area contributed by atoms with Crippen LogP contribution in [0.1, 0.15) is 16.8 Å². The highest BCUT2D eigenvalue weighted by Gasteiger charge is 2.29. The molecule has 4 rings (SSSR count). The van der Waals surface area contributed by atoms with Crippen molar-refractivity contribution in [2.45, 2.75) is 25.6 Å². The number of nitrogens with zero attached hydrogens (tertiary/aromatic N) is 3. The maximum Gasteiger partial charge on any atom is 0.231 e. The Morgan fingerprint density at radius 3 is 2.79 bits per heavy atom. The van der Waals surface area contributed by atoms with Crippen LogP contribution in [0, 0.1) is 0 Å². The minimum Gasteiger partial charge on any atom is -0.369 e. The summed E-state index contributed by atoms with van der Waals surface area (Å²) in [4.78, 5) is 23.8. The van der Waals surface area contributed by atoms with Crippen molar-refractivity contribution in [1.82, 2.24) is 14.9 Å². The number of nitrogens with one attached hydrogen (secondary N) is 1. The predicted octanol–water partition coefficient (Wildman–Crippen LogP) is 3.09. The van der Waals surface area contributed by atoms with E-state index in [2.05, 4.69) is 78.2 Å². The Balaban J connectivity index is 1.70. The summed E-state index contributed by atoms with van der Waals surface area (Å²) in [6.45, 7) is 2.39. The van der Waals surface area contributed by atoms with Crippen LogP contribution in [0.15, 0.2) is 65.5 Å². The number of rotatable bonds is 6. The summed E-state index contributed by atoms with van der Waals surface area (Å²) in [5.41, 5.74) is 10.2. The van der Waals surface area contributed by atoms with Gasteiger partial charge >= 0.3 is 0 Å². The van der Waals surface area contributed by atoms with Gasteiger partial charge in [-0.3, -0.25) is 9.69 Å². The van der Waals surface area contributed by atoms with Crippen LogP contribution in [0.25, 0.3) is 0 Å². The summed E-state index contributed by atoms with van der Waals surface area (Å²) in [6, 6.07) is 16.9. The molecular weight excluding hydrogens is 430 g/mol. The molecule has 0 spiro atoms. The second-order valence-electron chi connectivity index (χ2n) is 7.43. The van der Waals surface area contributed by atoms with E-state index in [-0.39, 0.29) is 18.5 Å². The molecule has 0 bridgehead atoms. The Labute approximate surface area is 178 Å². The Bertz CT molecular complexity index is 961. The van der Waals surface area contributed by atoms with Gasteiger partial charge in [0.25, 0.3) is 0 Å². The van der Waals surface area contributed by atoms with Crippen molar-refractivity contribution < 1.29 is 4.79 Å². The molecule has 1 aliphatic rings. The average molecular weight is 454 g/mol. The number of carbonyl (C=O) groups excluding carboxylic acids is 1. The summed E-state index contributed by atoms with van der Waals surface area (Å²) in [5, 5.41) is 0. The van der Waals surface area contributed by atoms with Gasteiger partial charge in [0.2, 0.25) is 5.91 Å². The number of benzene rings is 2. The van der Waals surface area contributed by atoms with Gasteiger partial charge in [-0.1, -0.05) is 46.3 Å². The minimum atomic E-state index is -0.305. The second kappa shape index (κ2) is 8.80. The quantitative estimate of drug-likeness (QED) is 0.600. The normalized spacial score (nSPS) is 17.0. The van der Waals surface area contributed by atoms with Crippen LogP contribution in [0.2, 0.25) is 0 Å². The van der Waals surface area contributed by atoms with Crippen molar-refractivity contribution in [2.75, 3.05) is 18.0 Å². The second-order valence-corrected chi connectivity index (χ2v) is 8.34. The van der Waals surface area contributed by atoms with Gasteiger partial charge < -0.3 is 15.6 Å². The largest absolute Gasteiger partial charge is 0.369 e. The number of H-pyrrole nitrogens is 1. The molecule has 1 aliphatic heterocycles. The van der Waals surface area contributed by atoms with Crippen LogP contribution >= 0.6 is 15.9 Å². The molecule has 6 nitrogen and oxygen atoms in total. The van der Waals surface area contributed by atoms with Crippen molar-refractivity contribution in [1.29, 1.82) is 0 Å². The summed E-state index contributed by atoms with van der Waals surface area (Å²) in [5.74, 6) is -0.305. The van der Waals surface area contributed by atoms with Crippen LogP contribution in [-0.2, 0) is 24.3 Å². The van der Waals surface area contributed by atoms with Crippen LogP contribution < -0.4 is 10.6 Å². The monoisotopic (exact) mass is 453 g/mol. The first-order valence-corrected chi connectivity index (χ1v) is 10.4. The van der Waals surface area contributed by atoms with Crippen molar-refractivity contribution in [3.05, 3.63) is 82.3 Å². The molecule has 0 saturated heterocycles. The number of hydrogen-bond acceptors (Lipinski definition) is 4. The standard InChI is InChI=1S/C22H24BrN5O/c23-18-6-7-21-17(9-18)11-27(14-22(24)29)20(8-16-4-2-1-3-5-16)13-28(21)12-19-10-25-15-26-19/h1-7,9-10,15,20H,8,11-14H2,(H2,24,29)(H,25,26). The molecule has 0 fully saturated rings. The number of aromatic nitrogens is 2. The number of imidazole rings is 1. The van der Waals surface area contributed by atoms with E-state index in [4.69, 9.17) is 5.73 Å². The minimum absolute atomic E-state index is 0.148. The zero-order valence-corrected chi connectivity index (χ0v) is 17.7. The lowest BCUT2D eigenvalue weighted by atomic mass is 10.0. The van der Waals surface area contributed by atoms with Gasteiger partial charge in [-0.25, -0.2) is 4.98 Å². The van der Waals surface area contributed by atoms with Gasteiger partial charge in [0.1, 0.15) is 0 Å². The molecule has 29 heavy (non-hydrogen) atoms. The van der Waals surface area contributed by atoms with Gasteiger partial charge in [0.05, 0.1) is 25.1 Å². The fourth-order valence-corrected chi connectivity index (χ4v) is 4.40. The molecule has 7 heteroatoms. The SMILES string of the molecule is NC(=O)CN1Cc2cc(Br)ccc2N(Cc2c[nH]cn2)CC1Cc1ccccc1. The zero-order valence-electron chi connectivity index (χ0n) is 16.1. The molecule has 150 valence electrons. The predicted molar refractivity (Wildman–Crippen MR) is 117 cm³/mol. The van der Waals surface area contributed by atoms with E-state index < -0.39 is 0 Å². The first-order chi connectivity index (χ1) is 14.1. The number of anilines is 1. The highest BCUT2D eigenvalue weighted by Crippen LogP contribution is 2.31. The maximum absolute atomic E-state index is 11.8. The molecule has 0 radical (unpaired) electrons. The molecule has 0 aliphatic carbocycles. The zero-order chi connectivity index (χ0) is 20.2. The van der Waals surface area contributed by atoms with E-state index in [1.165, 1.54) is 16.8 Å². The summed E-state index contributed by atoms with van der Waals surface area (Å²) in [7, 11) is 0. The van der Waals surface area contributed by atoms with Crippen LogP contribution in [0.3, 0.4) is 0 Å². The summed E-state index contributed by atoms with van der Waals surface area (Å²) in [6.07, 6.45) is 4.48. The van der Waals surface area contributed by atoms with Crippen molar-refractivity contribution >= 4 is 27.5 Å². The molecular formula is C22H24BrN5O. The Morgan fingerprint density at radius 1 is 1.24 bits per heavy atom. The Kier molecular flexibility index (Phi) is 5.97. The Morgan fingerprint density at radius 2 is 2.07 bits per heavy atom. The van der Waals surface area contributed by atoms with Crippen molar-refractivity contribution in [3.63, 3.8) is 0 Å². The fraction of sp³-hybridized carbons (Fsp3) is 0.273. The lowest BCUT2D eigenvalue weighted by Crippen LogP contribution is -2.46. The number of fused-ring (bicyclic) bond motifs is 1. The molecule has 1 unspecified atom stereocenters. The van der Waals surface area contributed by atoms with Crippen LogP contribution in [0.4, 0.5) is 5.69 Å². The number of primary amides is 1. The number of amides is 1. The Hall–Kier alpha value is -2.64. The smallest absolute Gasteiger partial charge is 0.231 e. The van der Waals surface area contributed by atoms with Crippen LogP contribution in [0.5, 0.6) is 0 Å². The number of halogens is 1. The van der Waals surface area contributed by atoms with Gasteiger partial charge in [0, 0.05) is 35.5 Å². The van der Waals surface area contributed by atoms with E-state index in [0.29, 0.717) is 13.1 Å². The summed E-state index contributed by atoms with van der Waals surface area (Å²) >= 11 is 3.59. The molecule has 2 heterocycles. The lowest BCUT2D eigenvalue weighted by molar-refractivity contribution is -0.119. The lowest BCUT2D eigenvalue weighted by Gasteiger charge is -2.32. The van der Waals surface area contributed by atoms with Crippen molar-refractivity contribution in [2.24, 2.45) is 5.73 Å². The van der Waals surface area contributed by atoms with E-state index in [0.717, 1.165) is 23.1 Å². The third-order valence-electron chi connectivity index (χ3n) is 5.28. The van der Waals surface area contributed by atoms with Gasteiger partial charge in [-0.05, 0) is 35.7 Å². The third-order valence-corrected chi connectivity index (χ3v) is 5.78. The molecule has 1 amide bonds. The molecule has 2 aromatic carbocycles. The summed E-state index contributed by atoms with van der Waals surface area (Å²) < 4.78 is 1.02. The van der Waals surface area contributed by atoms with Gasteiger partial charge in [-0.2, -0.15) is 0 Å². The highest BCUT2D eigenvalue weighted by molar-refractivity contribution is 9.10. The fourth-order valence-electron chi connectivity index (χ4n) is 3.99. The molecule has 3 aromatic rings. The van der Waals surface area contributed by atoms with Gasteiger partial charge in [0.15, 0.2) is 0 Å². The van der Waals surface area contributed by atoms with E-state index in [1.54, 1.807) is 6.33 Å². The molecule has 3 N–H and O–H groups in total. The average Bonchev–Trinajstić information content (AvgIpc) is 3.16. The van der Waals surface area contributed by atoms with E-state index in [1.807, 2.05) is 12.3 Å². The first-order valence-electron chi connectivity index (χ1n) is 9.66. The van der Waals surface area contributed by atoms with E-state index in [9.17, 15) is 4.79 Å². The number of hydrogen-bond donors (Lipinski definition) is 2. The molecule has 1 atom stereocenters. The van der Waals surface area contributed by atoms with Crippen LogP contribution in [-0.4, -0.2) is 39.9 Å². The van der Waals surface area contributed by atoms with E-state index >= 15 is 0 Å². The maximum atomic E-state index is 11.8. The molecule has 0 saturated carbocycles. The topological polar surface area (TPSA) is 78.3 Å². The third kappa shape index (κ3) is 4.86. The number of carbonyl (C=O) groups is 1. The van der Waals surface area contributed by atoms with Crippen molar-refractivity contribution in [3.8, 4) is 0 Å². The molecule has 1 aromatic heterocycles. The first kappa shape index (κ1) is 19.7. The number of nitrogens with two attached hydrogens (primary N) is 1. The van der Waals surface area contributed by atoms with Gasteiger partial charge in [-0.15, -0.1) is 0 Å². The highest BCUT2D eigenvalue weighted by atomic mass is 79.9. The number of aromatic amines is 1.